The molecule has 0 saturated carbocycles. The summed E-state index contributed by atoms with van der Waals surface area (Å²) < 4.78 is 1.16. The molecule has 0 spiro atoms. The van der Waals surface area contributed by atoms with Crippen molar-refractivity contribution in [3.05, 3.63) is 40.4 Å². The molecule has 0 heterocycles. The third-order valence-corrected chi connectivity index (χ3v) is 3.12. The zero-order valence-corrected chi connectivity index (χ0v) is 9.23. The average Bonchev–Trinajstić information content (AvgIpc) is 2.29. The molecule has 68 valence electrons. The first-order chi connectivity index (χ1) is 6.27. The summed E-state index contributed by atoms with van der Waals surface area (Å²) in [5.74, 6) is 0. The number of aryl methyl sites for hydroxylation is 1. The van der Waals surface area contributed by atoms with Crippen molar-refractivity contribution in [1.82, 2.24) is 0 Å². The van der Waals surface area contributed by atoms with Gasteiger partial charge in [0.25, 0.3) is 0 Å². The van der Waals surface area contributed by atoms with Gasteiger partial charge in [0.05, 0.1) is 0 Å². The van der Waals surface area contributed by atoms with Crippen molar-refractivity contribution < 1.29 is 0 Å². The van der Waals surface area contributed by atoms with Crippen LogP contribution in [0.1, 0.15) is 30.4 Å². The normalized spacial score (nSPS) is 16.5. The fourth-order valence-electron chi connectivity index (χ4n) is 1.88. The molecule has 0 bridgehead atoms. The first-order valence-electron chi connectivity index (χ1n) is 4.74. The maximum atomic E-state index is 4.14. The van der Waals surface area contributed by atoms with Gasteiger partial charge < -0.3 is 0 Å². The van der Waals surface area contributed by atoms with Crippen molar-refractivity contribution in [3.63, 3.8) is 0 Å². The highest BCUT2D eigenvalue weighted by molar-refractivity contribution is 9.10. The van der Waals surface area contributed by atoms with Gasteiger partial charge in [0, 0.05) is 4.47 Å². The van der Waals surface area contributed by atoms with E-state index in [2.05, 4.69) is 40.7 Å². The summed E-state index contributed by atoms with van der Waals surface area (Å²) in [6.45, 7) is 4.14. The predicted octanol–water partition coefficient (Wildman–Crippen LogP) is 4.19. The molecular formula is C12H13Br. The minimum Gasteiger partial charge on any atom is -0.0952 e. The van der Waals surface area contributed by atoms with E-state index in [4.69, 9.17) is 0 Å². The molecule has 1 heteroatoms. The van der Waals surface area contributed by atoms with Crippen LogP contribution < -0.4 is 0 Å². The van der Waals surface area contributed by atoms with Crippen LogP contribution in [0.5, 0.6) is 0 Å². The van der Waals surface area contributed by atoms with Crippen LogP contribution in [-0.2, 0) is 6.42 Å². The van der Waals surface area contributed by atoms with Gasteiger partial charge in [-0.05, 0) is 54.5 Å². The number of hydrogen-bond acceptors (Lipinski definition) is 0. The van der Waals surface area contributed by atoms with Crippen LogP contribution >= 0.6 is 15.9 Å². The topological polar surface area (TPSA) is 0 Å². The van der Waals surface area contributed by atoms with Gasteiger partial charge in [0.2, 0.25) is 0 Å². The molecule has 0 aliphatic heterocycles. The van der Waals surface area contributed by atoms with Gasteiger partial charge in [-0.2, -0.15) is 0 Å². The van der Waals surface area contributed by atoms with Crippen molar-refractivity contribution >= 4 is 21.5 Å². The Morgan fingerprint density at radius 3 is 2.77 bits per heavy atom. The zero-order chi connectivity index (χ0) is 9.26. The number of fused-ring (bicyclic) bond motifs is 1. The summed E-state index contributed by atoms with van der Waals surface area (Å²) in [4.78, 5) is 0. The summed E-state index contributed by atoms with van der Waals surface area (Å²) >= 11 is 3.50. The second-order valence-electron chi connectivity index (χ2n) is 3.61. The molecule has 13 heavy (non-hydrogen) atoms. The number of rotatable bonds is 0. The lowest BCUT2D eigenvalue weighted by Crippen LogP contribution is -1.88. The minimum atomic E-state index is 1.16. The molecule has 0 unspecified atom stereocenters. The van der Waals surface area contributed by atoms with Crippen molar-refractivity contribution in [2.24, 2.45) is 0 Å². The lowest BCUT2D eigenvalue weighted by atomic mass is 10.0. The Morgan fingerprint density at radius 2 is 1.92 bits per heavy atom. The van der Waals surface area contributed by atoms with E-state index in [9.17, 15) is 0 Å². The van der Waals surface area contributed by atoms with Gasteiger partial charge in [0.15, 0.2) is 0 Å². The zero-order valence-electron chi connectivity index (χ0n) is 7.65. The third kappa shape index (κ3) is 1.86. The van der Waals surface area contributed by atoms with E-state index in [0.29, 0.717) is 0 Å². The third-order valence-electron chi connectivity index (χ3n) is 2.63. The Morgan fingerprint density at radius 1 is 1.15 bits per heavy atom. The van der Waals surface area contributed by atoms with Crippen LogP contribution in [0.3, 0.4) is 0 Å². The van der Waals surface area contributed by atoms with Crippen molar-refractivity contribution in [2.45, 2.75) is 25.7 Å². The van der Waals surface area contributed by atoms with Gasteiger partial charge in [-0.1, -0.05) is 28.6 Å². The van der Waals surface area contributed by atoms with Crippen LogP contribution in [0.25, 0.3) is 5.57 Å². The molecular weight excluding hydrogens is 224 g/mol. The van der Waals surface area contributed by atoms with Gasteiger partial charge in [-0.3, -0.25) is 0 Å². The van der Waals surface area contributed by atoms with Crippen molar-refractivity contribution in [2.75, 3.05) is 0 Å². The molecule has 0 amide bonds. The first-order valence-corrected chi connectivity index (χ1v) is 5.53. The second-order valence-corrected chi connectivity index (χ2v) is 4.53. The number of halogens is 1. The highest BCUT2D eigenvalue weighted by atomic mass is 79.9. The molecule has 1 aliphatic carbocycles. The molecule has 0 radical (unpaired) electrons. The molecule has 0 aromatic heterocycles. The fourth-order valence-corrected chi connectivity index (χ4v) is 2.25. The molecule has 0 atom stereocenters. The molecule has 0 N–H and O–H groups in total. The van der Waals surface area contributed by atoms with E-state index in [1.807, 2.05) is 0 Å². The average molecular weight is 237 g/mol. The van der Waals surface area contributed by atoms with Gasteiger partial charge in [0.1, 0.15) is 0 Å². The van der Waals surface area contributed by atoms with E-state index in [-0.39, 0.29) is 0 Å². The Hall–Kier alpha value is -0.560. The standard InChI is InChI=1S/C12H13Br/c1-9-4-2-3-5-10-6-7-11(13)8-12(9)10/h6-8H,1-5H2. The Bertz CT molecular complexity index is 339. The molecule has 0 saturated heterocycles. The van der Waals surface area contributed by atoms with E-state index in [1.165, 1.54) is 36.0 Å². The molecule has 0 nitrogen and oxygen atoms in total. The molecule has 0 fully saturated rings. The van der Waals surface area contributed by atoms with Crippen LogP contribution in [0, 0.1) is 0 Å². The van der Waals surface area contributed by atoms with Gasteiger partial charge in [-0.25, -0.2) is 0 Å². The second kappa shape index (κ2) is 3.67. The SMILES string of the molecule is C=C1CCCCc2ccc(Br)cc21. The number of benzene rings is 1. The van der Waals surface area contributed by atoms with Crippen LogP contribution in [-0.4, -0.2) is 0 Å². The smallest absolute Gasteiger partial charge is 0.0181 e. The summed E-state index contributed by atoms with van der Waals surface area (Å²) in [5.41, 5.74) is 4.13. The summed E-state index contributed by atoms with van der Waals surface area (Å²) in [7, 11) is 0. The van der Waals surface area contributed by atoms with E-state index in [0.717, 1.165) is 10.9 Å². The van der Waals surface area contributed by atoms with E-state index >= 15 is 0 Å². The van der Waals surface area contributed by atoms with Crippen molar-refractivity contribution in [1.29, 1.82) is 0 Å². The highest BCUT2D eigenvalue weighted by Gasteiger charge is 2.10. The van der Waals surface area contributed by atoms with Crippen LogP contribution in [0.2, 0.25) is 0 Å². The van der Waals surface area contributed by atoms with E-state index in [1.54, 1.807) is 0 Å². The Balaban J connectivity index is 2.49. The lowest BCUT2D eigenvalue weighted by molar-refractivity contribution is 0.771. The molecule has 1 aliphatic rings. The molecule has 1 aromatic carbocycles. The first kappa shape index (κ1) is 9.01. The lowest BCUT2D eigenvalue weighted by Gasteiger charge is -2.07. The highest BCUT2D eigenvalue weighted by Crippen LogP contribution is 2.30. The number of allylic oxidation sites excluding steroid dienone is 1. The number of hydrogen-bond donors (Lipinski definition) is 0. The monoisotopic (exact) mass is 236 g/mol. The summed E-state index contributed by atoms with van der Waals surface area (Å²) in [5, 5.41) is 0. The van der Waals surface area contributed by atoms with Crippen LogP contribution in [0.4, 0.5) is 0 Å². The van der Waals surface area contributed by atoms with Gasteiger partial charge >= 0.3 is 0 Å². The Labute approximate surface area is 87.8 Å². The predicted molar refractivity (Wildman–Crippen MR) is 60.7 cm³/mol. The summed E-state index contributed by atoms with van der Waals surface area (Å²) in [6, 6.07) is 6.54. The fraction of sp³-hybridized carbons (Fsp3) is 0.333. The quantitative estimate of drug-likeness (QED) is 0.593. The van der Waals surface area contributed by atoms with Crippen molar-refractivity contribution in [3.8, 4) is 0 Å². The molecule has 1 aromatic rings. The Kier molecular flexibility index (Phi) is 2.54. The van der Waals surface area contributed by atoms with Gasteiger partial charge in [-0.15, -0.1) is 0 Å². The largest absolute Gasteiger partial charge is 0.0952 e. The maximum absolute atomic E-state index is 4.14. The van der Waals surface area contributed by atoms with Crippen LogP contribution in [0.15, 0.2) is 29.3 Å². The van der Waals surface area contributed by atoms with E-state index < -0.39 is 0 Å². The molecule has 2 rings (SSSR count). The summed E-state index contributed by atoms with van der Waals surface area (Å²) in [6.07, 6.45) is 4.95. The maximum Gasteiger partial charge on any atom is 0.0181 e. The minimum absolute atomic E-state index is 1.16.